The molecule has 5 atom stereocenters. The minimum absolute atomic E-state index is 0.0412. The van der Waals surface area contributed by atoms with Crippen LogP contribution in [-0.4, -0.2) is 33.3 Å². The highest BCUT2D eigenvalue weighted by Gasteiger charge is 2.56. The van der Waals surface area contributed by atoms with Crippen molar-refractivity contribution in [3.05, 3.63) is 29.3 Å². The number of phenolic OH excluding ortho intramolecular Hbond substituents is 1. The lowest BCUT2D eigenvalue weighted by Crippen LogP contribution is -2.54. The molecule has 0 radical (unpaired) electrons. The van der Waals surface area contributed by atoms with Gasteiger partial charge in [-0.25, -0.2) is 0 Å². The molecule has 5 unspecified atom stereocenters. The lowest BCUT2D eigenvalue weighted by Gasteiger charge is -2.49. The fourth-order valence-corrected chi connectivity index (χ4v) is 3.89. The first-order chi connectivity index (χ1) is 9.41. The Kier molecular flexibility index (Phi) is 2.72. The Bertz CT molecular complexity index is 599. The van der Waals surface area contributed by atoms with Crippen molar-refractivity contribution in [1.82, 2.24) is 0 Å². The molecule has 1 saturated carbocycles. The molecule has 0 amide bonds. The summed E-state index contributed by atoms with van der Waals surface area (Å²) in [4.78, 5) is 23.0. The minimum atomic E-state index is -1.14. The molecule has 20 heavy (non-hydrogen) atoms. The molecule has 0 aromatic heterocycles. The van der Waals surface area contributed by atoms with Gasteiger partial charge in [-0.1, -0.05) is 6.07 Å². The number of nitrogens with two attached hydrogens (primary N) is 1. The van der Waals surface area contributed by atoms with Gasteiger partial charge in [-0.15, -0.1) is 0 Å². The Morgan fingerprint density at radius 2 is 1.75 bits per heavy atom. The summed E-state index contributed by atoms with van der Waals surface area (Å²) in [6, 6.07) is 4.30. The number of phenols is 1. The maximum absolute atomic E-state index is 11.5. The SMILES string of the molecule is NC1CC2c3ccc(O)cc3C1C(C(=O)O)C2C(=O)O. The van der Waals surface area contributed by atoms with Crippen LogP contribution in [0.5, 0.6) is 5.75 Å². The molecule has 2 bridgehead atoms. The van der Waals surface area contributed by atoms with Gasteiger partial charge in [-0.2, -0.15) is 0 Å². The van der Waals surface area contributed by atoms with E-state index in [0.29, 0.717) is 12.0 Å². The highest BCUT2D eigenvalue weighted by atomic mass is 16.4. The van der Waals surface area contributed by atoms with Gasteiger partial charge in [-0.3, -0.25) is 9.59 Å². The summed E-state index contributed by atoms with van der Waals surface area (Å²) in [5.41, 5.74) is 7.52. The summed E-state index contributed by atoms with van der Waals surface area (Å²) < 4.78 is 0. The van der Waals surface area contributed by atoms with Crippen LogP contribution in [0.15, 0.2) is 18.2 Å². The Hall–Kier alpha value is -2.08. The van der Waals surface area contributed by atoms with Crippen molar-refractivity contribution in [3.63, 3.8) is 0 Å². The topological polar surface area (TPSA) is 121 Å². The lowest BCUT2D eigenvalue weighted by molar-refractivity contribution is -0.159. The number of aliphatic carboxylic acids is 2. The Morgan fingerprint density at radius 3 is 2.35 bits per heavy atom. The molecule has 3 aliphatic carbocycles. The van der Waals surface area contributed by atoms with Crippen LogP contribution in [0.25, 0.3) is 0 Å². The molecule has 6 heteroatoms. The fraction of sp³-hybridized carbons (Fsp3) is 0.429. The van der Waals surface area contributed by atoms with E-state index >= 15 is 0 Å². The quantitative estimate of drug-likeness (QED) is 0.631. The van der Waals surface area contributed by atoms with Gasteiger partial charge in [0.25, 0.3) is 0 Å². The summed E-state index contributed by atoms with van der Waals surface area (Å²) in [7, 11) is 0. The number of hydrogen-bond acceptors (Lipinski definition) is 4. The van der Waals surface area contributed by atoms with E-state index < -0.39 is 41.7 Å². The lowest BCUT2D eigenvalue weighted by atomic mass is 9.54. The van der Waals surface area contributed by atoms with Crippen molar-refractivity contribution in [2.24, 2.45) is 17.6 Å². The van der Waals surface area contributed by atoms with Crippen LogP contribution in [0.2, 0.25) is 0 Å². The molecule has 0 saturated heterocycles. The summed E-state index contributed by atoms with van der Waals surface area (Å²) >= 11 is 0. The van der Waals surface area contributed by atoms with Crippen molar-refractivity contribution in [3.8, 4) is 5.75 Å². The second-order valence-electron chi connectivity index (χ2n) is 5.57. The average Bonchev–Trinajstić information content (AvgIpc) is 2.36. The number of carbonyl (C=O) groups is 2. The van der Waals surface area contributed by atoms with Crippen molar-refractivity contribution in [2.45, 2.75) is 24.3 Å². The minimum Gasteiger partial charge on any atom is -0.508 e. The van der Waals surface area contributed by atoms with Crippen molar-refractivity contribution < 1.29 is 24.9 Å². The summed E-state index contributed by atoms with van der Waals surface area (Å²) in [6.07, 6.45) is 0.461. The van der Waals surface area contributed by atoms with Gasteiger partial charge in [0, 0.05) is 12.0 Å². The first kappa shape index (κ1) is 12.9. The molecule has 3 aliphatic rings. The van der Waals surface area contributed by atoms with E-state index in [2.05, 4.69) is 0 Å². The van der Waals surface area contributed by atoms with Gasteiger partial charge < -0.3 is 21.1 Å². The van der Waals surface area contributed by atoms with Crippen molar-refractivity contribution in [1.29, 1.82) is 0 Å². The normalized spacial score (nSPS) is 34.5. The van der Waals surface area contributed by atoms with Gasteiger partial charge in [-0.05, 0) is 35.6 Å². The maximum atomic E-state index is 11.5. The van der Waals surface area contributed by atoms with Crippen LogP contribution in [0.1, 0.15) is 29.4 Å². The van der Waals surface area contributed by atoms with E-state index in [9.17, 15) is 24.9 Å². The third-order valence-electron chi connectivity index (χ3n) is 4.59. The first-order valence-corrected chi connectivity index (χ1v) is 6.45. The summed E-state index contributed by atoms with van der Waals surface area (Å²) in [5, 5.41) is 28.4. The highest BCUT2D eigenvalue weighted by Crippen LogP contribution is 2.55. The smallest absolute Gasteiger partial charge is 0.308 e. The van der Waals surface area contributed by atoms with Crippen molar-refractivity contribution in [2.75, 3.05) is 0 Å². The molecule has 0 spiro atoms. The fourth-order valence-electron chi connectivity index (χ4n) is 3.89. The van der Waals surface area contributed by atoms with E-state index in [0.717, 1.165) is 5.56 Å². The van der Waals surface area contributed by atoms with Crippen molar-refractivity contribution >= 4 is 11.9 Å². The predicted molar refractivity (Wildman–Crippen MR) is 68.4 cm³/mol. The van der Waals surface area contributed by atoms with Gasteiger partial charge in [0.15, 0.2) is 0 Å². The number of carboxylic acids is 2. The van der Waals surface area contributed by atoms with E-state index in [1.807, 2.05) is 0 Å². The molecule has 5 N–H and O–H groups in total. The first-order valence-electron chi connectivity index (χ1n) is 6.45. The predicted octanol–water partition coefficient (Wildman–Crippen LogP) is 0.706. The molecule has 0 heterocycles. The monoisotopic (exact) mass is 277 g/mol. The molecular weight excluding hydrogens is 262 g/mol. The number of carboxylic acid groups (broad SMARTS) is 2. The van der Waals surface area contributed by atoms with E-state index in [4.69, 9.17) is 5.73 Å². The number of rotatable bonds is 2. The Balaban J connectivity index is 2.21. The molecule has 4 rings (SSSR count). The molecule has 1 aromatic rings. The van der Waals surface area contributed by atoms with Crippen LogP contribution >= 0.6 is 0 Å². The van der Waals surface area contributed by atoms with Crippen LogP contribution in [-0.2, 0) is 9.59 Å². The largest absolute Gasteiger partial charge is 0.508 e. The number of hydrogen-bond donors (Lipinski definition) is 4. The van der Waals surface area contributed by atoms with Gasteiger partial charge in [0.05, 0.1) is 11.8 Å². The number of fused-ring (bicyclic) bond motifs is 2. The zero-order valence-corrected chi connectivity index (χ0v) is 10.6. The van der Waals surface area contributed by atoms with Crippen LogP contribution < -0.4 is 5.73 Å². The van der Waals surface area contributed by atoms with E-state index in [-0.39, 0.29) is 5.75 Å². The van der Waals surface area contributed by atoms with Crippen LogP contribution in [0.4, 0.5) is 0 Å². The summed E-state index contributed by atoms with van der Waals surface area (Å²) in [6.45, 7) is 0. The van der Waals surface area contributed by atoms with E-state index in [1.165, 1.54) is 12.1 Å². The standard InChI is InChI=1S/C14H15NO5/c15-9-4-8-6-2-1-5(16)3-7(6)10(9)12(14(19)20)11(8)13(17)18/h1-3,8-12,16H,4,15H2,(H,17,18)(H,19,20). The van der Waals surface area contributed by atoms with Gasteiger partial charge in [0.2, 0.25) is 0 Å². The second-order valence-corrected chi connectivity index (χ2v) is 5.57. The second kappa shape index (κ2) is 4.21. The number of benzene rings is 1. The molecular formula is C14H15NO5. The average molecular weight is 277 g/mol. The van der Waals surface area contributed by atoms with E-state index in [1.54, 1.807) is 6.07 Å². The molecule has 6 nitrogen and oxygen atoms in total. The molecule has 1 aromatic carbocycles. The third-order valence-corrected chi connectivity index (χ3v) is 4.59. The zero-order valence-electron chi connectivity index (χ0n) is 10.6. The Labute approximate surface area is 114 Å². The maximum Gasteiger partial charge on any atom is 0.308 e. The molecule has 106 valence electrons. The molecule has 0 aliphatic heterocycles. The van der Waals surface area contributed by atoms with Crippen LogP contribution in [0.3, 0.4) is 0 Å². The van der Waals surface area contributed by atoms with Crippen LogP contribution in [0, 0.1) is 11.8 Å². The van der Waals surface area contributed by atoms with Gasteiger partial charge in [0.1, 0.15) is 5.75 Å². The highest BCUT2D eigenvalue weighted by molar-refractivity contribution is 5.84. The summed E-state index contributed by atoms with van der Waals surface area (Å²) in [5.74, 6) is -5.19. The third kappa shape index (κ3) is 1.61. The molecule has 1 fully saturated rings. The van der Waals surface area contributed by atoms with Gasteiger partial charge >= 0.3 is 11.9 Å². The zero-order chi connectivity index (χ0) is 14.6. The number of aromatic hydroxyl groups is 1. The Morgan fingerprint density at radius 1 is 1.10 bits per heavy atom.